The molecule has 0 aliphatic carbocycles. The minimum Gasteiger partial charge on any atom is -0.480 e. The van der Waals surface area contributed by atoms with Crippen LogP contribution < -0.4 is 5.73 Å². The molecule has 0 spiro atoms. The molecule has 136 valence electrons. The lowest BCUT2D eigenvalue weighted by Crippen LogP contribution is -2.31. The lowest BCUT2D eigenvalue weighted by atomic mass is 9.87. The van der Waals surface area contributed by atoms with E-state index in [0.717, 1.165) is 11.1 Å². The molecule has 4 N–H and O–H groups in total. The highest BCUT2D eigenvalue weighted by Crippen LogP contribution is 2.29. The number of nitrogens with two attached hydrogens (primary N) is 1. The van der Waals surface area contributed by atoms with Crippen molar-refractivity contribution < 1.29 is 19.8 Å². The zero-order valence-electron chi connectivity index (χ0n) is 14.4. The second kappa shape index (κ2) is 9.53. The van der Waals surface area contributed by atoms with Gasteiger partial charge in [0.1, 0.15) is 6.04 Å². The quantitative estimate of drug-likeness (QED) is 0.600. The van der Waals surface area contributed by atoms with Gasteiger partial charge >= 0.3 is 11.9 Å². The average Bonchev–Trinajstić information content (AvgIpc) is 2.65. The van der Waals surface area contributed by atoms with Crippen LogP contribution in [0.5, 0.6) is 0 Å². The highest BCUT2D eigenvalue weighted by Gasteiger charge is 2.18. The molecule has 2 rings (SSSR count). The number of hydrogen-bond donors (Lipinski definition) is 3. The highest BCUT2D eigenvalue weighted by molar-refractivity contribution is 5.88. The Morgan fingerprint density at radius 3 is 1.85 bits per heavy atom. The van der Waals surface area contributed by atoms with Crippen LogP contribution in [0, 0.1) is 0 Å². The number of aliphatic carboxylic acids is 2. The first-order valence-corrected chi connectivity index (χ1v) is 8.49. The van der Waals surface area contributed by atoms with Gasteiger partial charge in [0.2, 0.25) is 0 Å². The summed E-state index contributed by atoms with van der Waals surface area (Å²) in [7, 11) is 0. The Morgan fingerprint density at radius 2 is 1.42 bits per heavy atom. The number of benzene rings is 2. The van der Waals surface area contributed by atoms with E-state index in [9.17, 15) is 14.7 Å². The Balaban J connectivity index is 2.15. The van der Waals surface area contributed by atoms with E-state index in [1.165, 1.54) is 0 Å². The van der Waals surface area contributed by atoms with Crippen molar-refractivity contribution >= 4 is 11.9 Å². The van der Waals surface area contributed by atoms with Crippen molar-refractivity contribution in [3.05, 3.63) is 83.4 Å². The van der Waals surface area contributed by atoms with Crippen molar-refractivity contribution in [1.82, 2.24) is 0 Å². The first-order chi connectivity index (χ1) is 12.5. The van der Waals surface area contributed by atoms with Crippen LogP contribution in [0.2, 0.25) is 0 Å². The van der Waals surface area contributed by atoms with E-state index >= 15 is 0 Å². The molecule has 1 atom stereocenters. The van der Waals surface area contributed by atoms with E-state index < -0.39 is 18.0 Å². The number of allylic oxidation sites excluding steroid dienone is 1. The Hall–Kier alpha value is -2.92. The third-order valence-electron chi connectivity index (χ3n) is 4.28. The fourth-order valence-electron chi connectivity index (χ4n) is 2.90. The lowest BCUT2D eigenvalue weighted by Gasteiger charge is -2.17. The van der Waals surface area contributed by atoms with Crippen LogP contribution in [-0.2, 0) is 9.59 Å². The maximum absolute atomic E-state index is 11.4. The summed E-state index contributed by atoms with van der Waals surface area (Å²) >= 11 is 0. The lowest BCUT2D eigenvalue weighted by molar-refractivity contribution is -0.138. The van der Waals surface area contributed by atoms with E-state index in [-0.39, 0.29) is 17.9 Å². The minimum atomic E-state index is -1.21. The van der Waals surface area contributed by atoms with Gasteiger partial charge in [-0.3, -0.25) is 4.79 Å². The van der Waals surface area contributed by atoms with Crippen molar-refractivity contribution in [3.8, 4) is 0 Å². The minimum absolute atomic E-state index is 0.0415. The predicted octanol–water partition coefficient (Wildman–Crippen LogP) is 3.41. The maximum atomic E-state index is 11.4. The molecule has 0 saturated heterocycles. The summed E-state index contributed by atoms with van der Waals surface area (Å²) in [5.74, 6) is -2.20. The Morgan fingerprint density at radius 1 is 0.923 bits per heavy atom. The van der Waals surface area contributed by atoms with Crippen LogP contribution in [0.15, 0.2) is 72.3 Å². The molecular formula is C21H23NO4. The molecule has 5 nitrogen and oxygen atoms in total. The zero-order chi connectivity index (χ0) is 18.9. The van der Waals surface area contributed by atoms with Gasteiger partial charge in [-0.25, -0.2) is 4.79 Å². The molecule has 26 heavy (non-hydrogen) atoms. The summed E-state index contributed by atoms with van der Waals surface area (Å²) in [6, 6.07) is 18.9. The summed E-state index contributed by atoms with van der Waals surface area (Å²) in [6.07, 6.45) is 2.63. The topological polar surface area (TPSA) is 101 Å². The first-order valence-electron chi connectivity index (χ1n) is 8.49. The van der Waals surface area contributed by atoms with Gasteiger partial charge in [0, 0.05) is 17.9 Å². The SMILES string of the molecule is NC(C/C(=C/CCC(c1ccccc1)c1ccccc1)C(=O)O)C(=O)O. The molecule has 0 radical (unpaired) electrons. The summed E-state index contributed by atoms with van der Waals surface area (Å²) in [5.41, 5.74) is 7.82. The molecule has 1 unspecified atom stereocenters. The number of carboxylic acid groups (broad SMARTS) is 2. The fraction of sp³-hybridized carbons (Fsp3) is 0.238. The molecular weight excluding hydrogens is 330 g/mol. The predicted molar refractivity (Wildman–Crippen MR) is 99.9 cm³/mol. The number of hydrogen-bond acceptors (Lipinski definition) is 3. The Labute approximate surface area is 152 Å². The largest absolute Gasteiger partial charge is 0.480 e. The summed E-state index contributed by atoms with van der Waals surface area (Å²) in [5, 5.41) is 18.2. The van der Waals surface area contributed by atoms with E-state index in [4.69, 9.17) is 10.8 Å². The normalized spacial score (nSPS) is 12.8. The summed E-state index contributed by atoms with van der Waals surface area (Å²) in [4.78, 5) is 22.2. The van der Waals surface area contributed by atoms with Crippen LogP contribution in [0.4, 0.5) is 0 Å². The van der Waals surface area contributed by atoms with Gasteiger partial charge in [0.15, 0.2) is 0 Å². The first kappa shape index (κ1) is 19.4. The summed E-state index contributed by atoms with van der Waals surface area (Å²) < 4.78 is 0. The fourth-order valence-corrected chi connectivity index (χ4v) is 2.90. The highest BCUT2D eigenvalue weighted by atomic mass is 16.4. The van der Waals surface area contributed by atoms with Gasteiger partial charge in [-0.05, 0) is 24.0 Å². The molecule has 0 aromatic heterocycles. The third kappa shape index (κ3) is 5.57. The molecule has 2 aromatic carbocycles. The Bertz CT molecular complexity index is 717. The third-order valence-corrected chi connectivity index (χ3v) is 4.28. The van der Waals surface area contributed by atoms with E-state index in [1.807, 2.05) is 36.4 Å². The second-order valence-corrected chi connectivity index (χ2v) is 6.13. The zero-order valence-corrected chi connectivity index (χ0v) is 14.4. The van der Waals surface area contributed by atoms with Gasteiger partial charge in [-0.1, -0.05) is 66.7 Å². The Kier molecular flexibility index (Phi) is 7.12. The average molecular weight is 353 g/mol. The number of carbonyl (C=O) groups is 2. The van der Waals surface area contributed by atoms with Crippen LogP contribution in [0.3, 0.4) is 0 Å². The van der Waals surface area contributed by atoms with E-state index in [0.29, 0.717) is 12.8 Å². The van der Waals surface area contributed by atoms with Gasteiger partial charge in [-0.2, -0.15) is 0 Å². The molecule has 0 amide bonds. The molecule has 0 aliphatic rings. The second-order valence-electron chi connectivity index (χ2n) is 6.13. The van der Waals surface area contributed by atoms with Crippen molar-refractivity contribution in [2.75, 3.05) is 0 Å². The molecule has 0 fully saturated rings. The van der Waals surface area contributed by atoms with Crippen molar-refractivity contribution in [2.24, 2.45) is 5.73 Å². The number of rotatable bonds is 9. The van der Waals surface area contributed by atoms with Crippen molar-refractivity contribution in [1.29, 1.82) is 0 Å². The van der Waals surface area contributed by atoms with Crippen LogP contribution >= 0.6 is 0 Å². The van der Waals surface area contributed by atoms with Gasteiger partial charge < -0.3 is 15.9 Å². The summed E-state index contributed by atoms with van der Waals surface area (Å²) in [6.45, 7) is 0. The van der Waals surface area contributed by atoms with Gasteiger partial charge in [0.25, 0.3) is 0 Å². The van der Waals surface area contributed by atoms with Gasteiger partial charge in [-0.15, -0.1) is 0 Å². The molecule has 0 heterocycles. The van der Waals surface area contributed by atoms with Crippen LogP contribution in [-0.4, -0.2) is 28.2 Å². The standard InChI is InChI=1S/C21H23NO4/c22-19(21(25)26)14-17(20(23)24)12-7-13-18(15-8-3-1-4-9-15)16-10-5-2-6-11-16/h1-6,8-12,18-19H,7,13-14,22H2,(H,23,24)(H,25,26)/b17-12-. The van der Waals surface area contributed by atoms with Crippen LogP contribution in [0.25, 0.3) is 0 Å². The maximum Gasteiger partial charge on any atom is 0.331 e. The molecule has 5 heteroatoms. The number of carboxylic acids is 2. The van der Waals surface area contributed by atoms with Crippen LogP contribution in [0.1, 0.15) is 36.3 Å². The van der Waals surface area contributed by atoms with E-state index in [1.54, 1.807) is 6.08 Å². The van der Waals surface area contributed by atoms with Crippen molar-refractivity contribution in [3.63, 3.8) is 0 Å². The van der Waals surface area contributed by atoms with E-state index in [2.05, 4.69) is 24.3 Å². The molecule has 0 saturated carbocycles. The molecule has 2 aromatic rings. The molecule has 0 aliphatic heterocycles. The van der Waals surface area contributed by atoms with Gasteiger partial charge in [0.05, 0.1) is 0 Å². The smallest absolute Gasteiger partial charge is 0.331 e. The molecule has 0 bridgehead atoms. The monoisotopic (exact) mass is 353 g/mol. The van der Waals surface area contributed by atoms with Crippen molar-refractivity contribution in [2.45, 2.75) is 31.2 Å².